The molecule has 3 heterocycles. The summed E-state index contributed by atoms with van der Waals surface area (Å²) in [7, 11) is -2.29. The fourth-order valence-corrected chi connectivity index (χ4v) is 5.09. The number of nitrogens with zero attached hydrogens (tertiary/aromatic N) is 3. The molecule has 0 amide bonds. The highest BCUT2D eigenvalue weighted by Gasteiger charge is 2.42. The van der Waals surface area contributed by atoms with Crippen molar-refractivity contribution < 1.29 is 18.1 Å². The smallest absolute Gasteiger partial charge is 0.146 e. The summed E-state index contributed by atoms with van der Waals surface area (Å²) in [5, 5.41) is 4.11. The van der Waals surface area contributed by atoms with Gasteiger partial charge in [-0.2, -0.15) is 4.36 Å². The molecule has 2 fully saturated rings. The van der Waals surface area contributed by atoms with Crippen LogP contribution in [0.5, 0.6) is 5.75 Å². The molecule has 0 spiro atoms. The number of anilines is 2. The van der Waals surface area contributed by atoms with Crippen LogP contribution in [0.4, 0.5) is 21.6 Å². The standard InChI is InChI=1S/C23H25FN4O3S.CH4/c1-13-8-15(28-32(2,3)29)10-18-22(13)23(26-12-25-18)27-17-6-4-14(24)9-20(17)31-21-11-16-5-7-19(21)30-16;/h4,6,8-10,12,16,19,21H,5,7,11H2,1-3H3,(H,25,26,27);1H4/t16-,19+,21+;/m0./s1. The first-order chi connectivity index (χ1) is 15.2. The number of halogens is 1. The maximum atomic E-state index is 14.0. The van der Waals surface area contributed by atoms with Gasteiger partial charge in [-0.3, -0.25) is 0 Å². The van der Waals surface area contributed by atoms with Crippen LogP contribution in [-0.4, -0.2) is 45.0 Å². The molecule has 9 heteroatoms. The van der Waals surface area contributed by atoms with E-state index < -0.39 is 9.73 Å². The summed E-state index contributed by atoms with van der Waals surface area (Å²) in [4.78, 5) is 8.79. The number of hydrogen-bond donors (Lipinski definition) is 1. The van der Waals surface area contributed by atoms with Crippen molar-refractivity contribution in [2.75, 3.05) is 17.8 Å². The van der Waals surface area contributed by atoms with Crippen LogP contribution in [0.3, 0.4) is 0 Å². The third-order valence-electron chi connectivity index (χ3n) is 5.77. The van der Waals surface area contributed by atoms with E-state index in [-0.39, 0.29) is 31.6 Å². The maximum Gasteiger partial charge on any atom is 0.146 e. The van der Waals surface area contributed by atoms with Gasteiger partial charge in [0.2, 0.25) is 0 Å². The normalized spacial score (nSPS) is 21.6. The van der Waals surface area contributed by atoms with Crippen molar-refractivity contribution in [3.8, 4) is 5.75 Å². The van der Waals surface area contributed by atoms with Crippen LogP contribution in [0, 0.1) is 12.7 Å². The van der Waals surface area contributed by atoms with Crippen LogP contribution in [0.2, 0.25) is 0 Å². The highest BCUT2D eigenvalue weighted by atomic mass is 32.2. The van der Waals surface area contributed by atoms with E-state index in [1.807, 2.05) is 13.0 Å². The van der Waals surface area contributed by atoms with E-state index in [9.17, 15) is 8.60 Å². The van der Waals surface area contributed by atoms with Gasteiger partial charge in [0.1, 0.15) is 29.8 Å². The summed E-state index contributed by atoms with van der Waals surface area (Å²) in [6, 6.07) is 8.07. The maximum absolute atomic E-state index is 14.0. The second kappa shape index (κ2) is 8.87. The molecule has 2 saturated heterocycles. The third kappa shape index (κ3) is 4.94. The number of aryl methyl sites for hydroxylation is 1. The minimum Gasteiger partial charge on any atom is -0.485 e. The topological polar surface area (TPSA) is 85.7 Å². The number of hydrogen-bond acceptors (Lipinski definition) is 7. The molecule has 176 valence electrons. The monoisotopic (exact) mass is 472 g/mol. The fourth-order valence-electron chi connectivity index (χ4n) is 4.48. The fraction of sp³-hybridized carbons (Fsp3) is 0.417. The molecule has 33 heavy (non-hydrogen) atoms. The van der Waals surface area contributed by atoms with Crippen LogP contribution in [0.15, 0.2) is 41.0 Å². The molecule has 2 aromatic carbocycles. The second-order valence-electron chi connectivity index (χ2n) is 8.68. The summed E-state index contributed by atoms with van der Waals surface area (Å²) < 4.78 is 42.5. The van der Waals surface area contributed by atoms with Crippen molar-refractivity contribution in [2.45, 2.75) is 51.9 Å². The lowest BCUT2D eigenvalue weighted by Gasteiger charge is -2.22. The first kappa shape index (κ1) is 23.4. The summed E-state index contributed by atoms with van der Waals surface area (Å²) in [6.45, 7) is 1.93. The number of aromatic nitrogens is 2. The Labute approximate surface area is 193 Å². The first-order valence-corrected chi connectivity index (χ1v) is 12.9. The molecule has 0 radical (unpaired) electrons. The SMILES string of the molecule is C.Cc1cc(N=S(C)(C)=O)cc2ncnc(Nc3ccc(F)cc3O[C@@H]3C[C@@H]4CC[C@H]3O4)c12. The minimum atomic E-state index is -2.29. The zero-order chi connectivity index (χ0) is 22.5. The molecule has 2 aliphatic rings. The Hall–Kier alpha value is -2.78. The predicted molar refractivity (Wildman–Crippen MR) is 130 cm³/mol. The Morgan fingerprint density at radius 3 is 2.73 bits per heavy atom. The first-order valence-electron chi connectivity index (χ1n) is 10.6. The number of fused-ring (bicyclic) bond motifs is 3. The second-order valence-corrected chi connectivity index (χ2v) is 11.2. The quantitative estimate of drug-likeness (QED) is 0.527. The largest absolute Gasteiger partial charge is 0.485 e. The van der Waals surface area contributed by atoms with Crippen LogP contribution >= 0.6 is 0 Å². The van der Waals surface area contributed by atoms with Gasteiger partial charge in [0.15, 0.2) is 0 Å². The zero-order valence-corrected chi connectivity index (χ0v) is 19.0. The molecule has 0 aliphatic carbocycles. The molecule has 7 nitrogen and oxygen atoms in total. The van der Waals surface area contributed by atoms with E-state index in [0.29, 0.717) is 28.5 Å². The van der Waals surface area contributed by atoms with E-state index in [1.54, 1.807) is 24.6 Å². The summed E-state index contributed by atoms with van der Waals surface area (Å²) in [6.07, 6.45) is 7.71. The third-order valence-corrected chi connectivity index (χ3v) is 6.42. The van der Waals surface area contributed by atoms with E-state index in [0.717, 1.165) is 30.2 Å². The summed E-state index contributed by atoms with van der Waals surface area (Å²) in [5.74, 6) is 0.639. The van der Waals surface area contributed by atoms with Crippen molar-refractivity contribution in [1.82, 2.24) is 9.97 Å². The van der Waals surface area contributed by atoms with Crippen molar-refractivity contribution in [3.05, 3.63) is 48.0 Å². The van der Waals surface area contributed by atoms with E-state index >= 15 is 0 Å². The van der Waals surface area contributed by atoms with Gasteiger partial charge in [0, 0.05) is 40.1 Å². The Kier molecular flexibility index (Phi) is 6.28. The molecule has 2 aliphatic heterocycles. The number of nitrogens with one attached hydrogen (secondary N) is 1. The van der Waals surface area contributed by atoms with Crippen molar-refractivity contribution in [1.29, 1.82) is 0 Å². The van der Waals surface area contributed by atoms with Gasteiger partial charge in [-0.1, -0.05) is 7.43 Å². The molecule has 5 rings (SSSR count). The number of benzene rings is 2. The molecular weight excluding hydrogens is 443 g/mol. The molecule has 1 aromatic heterocycles. The van der Waals surface area contributed by atoms with Crippen molar-refractivity contribution >= 4 is 37.8 Å². The number of ether oxygens (including phenoxy) is 2. The molecule has 0 saturated carbocycles. The zero-order valence-electron chi connectivity index (χ0n) is 18.2. The Balaban J connectivity index is 0.00000259. The van der Waals surface area contributed by atoms with Gasteiger partial charge in [0.25, 0.3) is 0 Å². The van der Waals surface area contributed by atoms with Gasteiger partial charge >= 0.3 is 0 Å². The number of rotatable bonds is 5. The van der Waals surface area contributed by atoms with Gasteiger partial charge < -0.3 is 14.8 Å². The van der Waals surface area contributed by atoms with E-state index in [4.69, 9.17) is 9.47 Å². The lowest BCUT2D eigenvalue weighted by Crippen LogP contribution is -2.28. The molecular formula is C24H29FN4O3S. The highest BCUT2D eigenvalue weighted by Crippen LogP contribution is 2.39. The Bertz CT molecular complexity index is 1310. The van der Waals surface area contributed by atoms with Crippen LogP contribution < -0.4 is 10.1 Å². The average molecular weight is 473 g/mol. The van der Waals surface area contributed by atoms with Crippen molar-refractivity contribution in [2.24, 2.45) is 4.36 Å². The Morgan fingerprint density at radius 2 is 2.03 bits per heavy atom. The lowest BCUT2D eigenvalue weighted by molar-refractivity contribution is 0.0642. The van der Waals surface area contributed by atoms with Crippen molar-refractivity contribution in [3.63, 3.8) is 0 Å². The van der Waals surface area contributed by atoms with Gasteiger partial charge in [-0.05, 0) is 49.6 Å². The molecule has 2 bridgehead atoms. The van der Waals surface area contributed by atoms with E-state index in [2.05, 4.69) is 19.6 Å². The molecule has 3 atom stereocenters. The highest BCUT2D eigenvalue weighted by molar-refractivity contribution is 7.92. The Morgan fingerprint density at radius 1 is 1.21 bits per heavy atom. The summed E-state index contributed by atoms with van der Waals surface area (Å²) >= 11 is 0. The molecule has 0 unspecified atom stereocenters. The predicted octanol–water partition coefficient (Wildman–Crippen LogP) is 5.51. The van der Waals surface area contributed by atoms with Crippen LogP contribution in [0.1, 0.15) is 32.3 Å². The van der Waals surface area contributed by atoms with E-state index in [1.165, 1.54) is 18.5 Å². The molecule has 3 aromatic rings. The summed E-state index contributed by atoms with van der Waals surface area (Å²) in [5.41, 5.74) is 2.79. The van der Waals surface area contributed by atoms with Gasteiger partial charge in [0.05, 0.1) is 29.1 Å². The van der Waals surface area contributed by atoms with Gasteiger partial charge in [-0.15, -0.1) is 0 Å². The van der Waals surface area contributed by atoms with Crippen LogP contribution in [0.25, 0.3) is 10.9 Å². The van der Waals surface area contributed by atoms with Crippen LogP contribution in [-0.2, 0) is 14.5 Å². The average Bonchev–Trinajstić information content (AvgIpc) is 3.32. The minimum absolute atomic E-state index is 0. The van der Waals surface area contributed by atoms with Gasteiger partial charge in [-0.25, -0.2) is 18.6 Å². The lowest BCUT2D eigenvalue weighted by atomic mass is 9.98. The molecule has 1 N–H and O–H groups in total.